The van der Waals surface area contributed by atoms with Crippen LogP contribution >= 0.6 is 0 Å². The summed E-state index contributed by atoms with van der Waals surface area (Å²) >= 11 is 0. The van der Waals surface area contributed by atoms with Gasteiger partial charge in [0, 0.05) is 23.0 Å². The lowest BCUT2D eigenvalue weighted by molar-refractivity contribution is 0.257. The van der Waals surface area contributed by atoms with Gasteiger partial charge in [-0.2, -0.15) is 0 Å². The van der Waals surface area contributed by atoms with Crippen LogP contribution in [0, 0.1) is 11.3 Å². The maximum absolute atomic E-state index is 13.5. The first-order chi connectivity index (χ1) is 19.3. The molecule has 0 fully saturated rings. The summed E-state index contributed by atoms with van der Waals surface area (Å²) in [6.07, 6.45) is 5.73. The molecule has 2 heterocycles. The molecule has 0 aliphatic carbocycles. The van der Waals surface area contributed by atoms with Gasteiger partial charge >= 0.3 is 11.5 Å². The minimum Gasteiger partial charge on any atom is -0.461 e. The van der Waals surface area contributed by atoms with E-state index in [0.29, 0.717) is 11.3 Å². The van der Waals surface area contributed by atoms with Crippen molar-refractivity contribution in [3.63, 3.8) is 0 Å². The Kier molecular flexibility index (Phi) is 7.29. The number of ether oxygens (including phenoxy) is 1. The van der Waals surface area contributed by atoms with Crippen molar-refractivity contribution in [2.75, 3.05) is 0 Å². The van der Waals surface area contributed by atoms with Crippen LogP contribution in [0.1, 0.15) is 65.4 Å². The average molecular weight is 546 g/mol. The smallest absolute Gasteiger partial charge is 0.360 e. The van der Waals surface area contributed by atoms with Gasteiger partial charge in [0.25, 0.3) is 0 Å². The summed E-state index contributed by atoms with van der Waals surface area (Å²) < 4.78 is 12.5. The molecule has 1 aromatic heterocycles. The fourth-order valence-corrected chi connectivity index (χ4v) is 4.92. The summed E-state index contributed by atoms with van der Waals surface area (Å²) in [5.74, 6) is 2.77. The van der Waals surface area contributed by atoms with Crippen molar-refractivity contribution in [1.29, 1.82) is 0 Å². The Morgan fingerprint density at radius 3 is 1.93 bits per heavy atom. The molecule has 0 spiro atoms. The van der Waals surface area contributed by atoms with E-state index in [-0.39, 0.29) is 38.0 Å². The topological polar surface area (TPSA) is 54.7 Å². The Labute approximate surface area is 241 Å². The Morgan fingerprint density at radius 2 is 1.37 bits per heavy atom. The second kappa shape index (κ2) is 10.6. The molecule has 1 aliphatic rings. The molecule has 1 atom stereocenters. The summed E-state index contributed by atoms with van der Waals surface area (Å²) in [5.41, 5.74) is 2.42. The molecule has 0 radical (unpaired) electrons. The van der Waals surface area contributed by atoms with E-state index in [2.05, 4.69) is 41.5 Å². The van der Waals surface area contributed by atoms with Crippen molar-refractivity contribution in [2.24, 2.45) is 11.3 Å². The van der Waals surface area contributed by atoms with Crippen LogP contribution in [0.5, 0.6) is 0 Å². The molecule has 4 nitrogen and oxygen atoms in total. The van der Waals surface area contributed by atoms with E-state index in [9.17, 15) is 9.59 Å². The molecule has 41 heavy (non-hydrogen) atoms. The fourth-order valence-electron chi connectivity index (χ4n) is 4.92. The highest BCUT2D eigenvalue weighted by Crippen LogP contribution is 2.36. The van der Waals surface area contributed by atoms with Crippen molar-refractivity contribution in [1.82, 2.24) is 0 Å². The van der Waals surface area contributed by atoms with Gasteiger partial charge in [-0.25, -0.2) is 4.42 Å². The van der Waals surface area contributed by atoms with Crippen LogP contribution in [0.3, 0.4) is 0 Å². The molecule has 4 aromatic rings. The molecule has 0 saturated heterocycles. The largest absolute Gasteiger partial charge is 0.461 e. The number of hydrogen-bond donors (Lipinski definition) is 0. The van der Waals surface area contributed by atoms with Crippen molar-refractivity contribution in [3.05, 3.63) is 138 Å². The Balaban J connectivity index is 1.63. The molecule has 0 saturated carbocycles. The minimum atomic E-state index is -0.258. The molecular weight excluding hydrogens is 508 g/mol. The first-order valence-electron chi connectivity index (χ1n) is 14.1. The minimum absolute atomic E-state index is 0.222. The van der Waals surface area contributed by atoms with Gasteiger partial charge in [0.2, 0.25) is 10.9 Å². The van der Waals surface area contributed by atoms with Crippen LogP contribution in [0.2, 0.25) is 0 Å². The van der Waals surface area contributed by atoms with Crippen LogP contribution in [0.15, 0.2) is 105 Å². The van der Waals surface area contributed by atoms with Gasteiger partial charge in [0.05, 0.1) is 27.5 Å². The third kappa shape index (κ3) is 5.78. The molecular formula is C37H37O4+. The number of rotatable bonds is 4. The molecule has 5 rings (SSSR count). The standard InChI is InChI=1S/C37H37O4/c1-23(27-21-30(26-16-12-9-13-17-26)41-32(22-27)37(5,6)7)33-34(38)28(35(33)39)18-24-19-29(25-14-10-8-11-15-25)40-31(20-24)36(2,3)4/h8-22,24H,1-7H3/q+1. The van der Waals surface area contributed by atoms with Crippen LogP contribution in [0.4, 0.5) is 0 Å². The SMILES string of the molecule is CC(c1cc(-c2ccccc2)[o+]c(C(C)(C)C)c1)=c1c(=O)c(=CC2C=C(c3ccccc3)OC(C(C)(C)C)=C2)c1=O. The summed E-state index contributed by atoms with van der Waals surface area (Å²) in [5, 5.41) is 0.458. The summed E-state index contributed by atoms with van der Waals surface area (Å²) in [7, 11) is 0. The van der Waals surface area contributed by atoms with Gasteiger partial charge in [-0.1, -0.05) is 75.4 Å². The van der Waals surface area contributed by atoms with Crippen LogP contribution in [-0.2, 0) is 10.2 Å². The zero-order chi connectivity index (χ0) is 29.5. The maximum Gasteiger partial charge on any atom is 0.360 e. The molecule has 208 valence electrons. The van der Waals surface area contributed by atoms with E-state index in [1.54, 1.807) is 6.08 Å². The van der Waals surface area contributed by atoms with Gasteiger partial charge in [0.1, 0.15) is 11.5 Å². The lowest BCUT2D eigenvalue weighted by Crippen LogP contribution is -2.65. The molecule has 4 heteroatoms. The second-order valence-corrected chi connectivity index (χ2v) is 12.8. The van der Waals surface area contributed by atoms with Crippen LogP contribution < -0.4 is 21.3 Å². The lowest BCUT2D eigenvalue weighted by atomic mass is 9.88. The zero-order valence-electron chi connectivity index (χ0n) is 24.9. The molecule has 0 amide bonds. The number of allylic oxidation sites excluding steroid dienone is 3. The number of benzene rings is 2. The Hall–Kier alpha value is -4.31. The van der Waals surface area contributed by atoms with E-state index in [1.165, 1.54) is 0 Å². The molecule has 3 aromatic carbocycles. The molecule has 0 bridgehead atoms. The van der Waals surface area contributed by atoms with Gasteiger partial charge in [-0.15, -0.1) is 0 Å². The molecule has 0 N–H and O–H groups in total. The Bertz CT molecular complexity index is 1820. The quantitative estimate of drug-likeness (QED) is 0.267. The first-order valence-corrected chi connectivity index (χ1v) is 14.1. The highest BCUT2D eigenvalue weighted by molar-refractivity contribution is 5.70. The third-order valence-corrected chi connectivity index (χ3v) is 7.41. The van der Waals surface area contributed by atoms with E-state index < -0.39 is 0 Å². The van der Waals surface area contributed by atoms with Crippen LogP contribution in [-0.4, -0.2) is 0 Å². The average Bonchev–Trinajstić information content (AvgIpc) is 2.95. The summed E-state index contributed by atoms with van der Waals surface area (Å²) in [6.45, 7) is 14.3. The predicted octanol–water partition coefficient (Wildman–Crippen LogP) is 6.74. The molecule has 1 aliphatic heterocycles. The third-order valence-electron chi connectivity index (χ3n) is 7.41. The van der Waals surface area contributed by atoms with Crippen molar-refractivity contribution < 1.29 is 9.15 Å². The fraction of sp³-hybridized carbons (Fsp3) is 0.270. The van der Waals surface area contributed by atoms with Crippen molar-refractivity contribution in [2.45, 2.75) is 53.9 Å². The van der Waals surface area contributed by atoms with Crippen molar-refractivity contribution >= 4 is 17.4 Å². The predicted molar refractivity (Wildman–Crippen MR) is 167 cm³/mol. The maximum atomic E-state index is 13.5. The highest BCUT2D eigenvalue weighted by atomic mass is 16.5. The summed E-state index contributed by atoms with van der Waals surface area (Å²) in [4.78, 5) is 27.0. The normalized spacial score (nSPS) is 15.6. The highest BCUT2D eigenvalue weighted by Gasteiger charge is 2.30. The lowest BCUT2D eigenvalue weighted by Gasteiger charge is -2.29. The van der Waals surface area contributed by atoms with E-state index >= 15 is 0 Å². The van der Waals surface area contributed by atoms with Gasteiger partial charge in [-0.3, -0.25) is 9.59 Å². The summed E-state index contributed by atoms with van der Waals surface area (Å²) in [6, 6.07) is 23.6. The van der Waals surface area contributed by atoms with E-state index in [4.69, 9.17) is 9.15 Å². The van der Waals surface area contributed by atoms with Crippen molar-refractivity contribution in [3.8, 4) is 11.3 Å². The van der Waals surface area contributed by atoms with Gasteiger partial charge in [0.15, 0.2) is 0 Å². The zero-order valence-corrected chi connectivity index (χ0v) is 24.9. The van der Waals surface area contributed by atoms with Gasteiger partial charge < -0.3 is 4.74 Å². The monoisotopic (exact) mass is 545 g/mol. The molecule has 1 unspecified atom stereocenters. The van der Waals surface area contributed by atoms with E-state index in [1.807, 2.05) is 91.9 Å². The van der Waals surface area contributed by atoms with E-state index in [0.717, 1.165) is 34.0 Å². The van der Waals surface area contributed by atoms with Crippen LogP contribution in [0.25, 0.3) is 28.7 Å². The first kappa shape index (κ1) is 28.2. The number of hydrogen-bond acceptors (Lipinski definition) is 3. The second-order valence-electron chi connectivity index (χ2n) is 12.8. The van der Waals surface area contributed by atoms with Gasteiger partial charge in [-0.05, 0) is 63.1 Å². The Morgan fingerprint density at radius 1 is 0.780 bits per heavy atom.